The number of hydrogen-bond donors (Lipinski definition) is 0. The SMILES string of the molecule is CCOC(=O)C(C(=O)OCC)c1ccc(Cl)cn1. The Morgan fingerprint density at radius 1 is 1.22 bits per heavy atom. The molecule has 98 valence electrons. The van der Waals surface area contributed by atoms with Gasteiger partial charge in [-0.1, -0.05) is 11.6 Å². The minimum atomic E-state index is -1.16. The van der Waals surface area contributed by atoms with Crippen LogP contribution >= 0.6 is 11.6 Å². The highest BCUT2D eigenvalue weighted by atomic mass is 35.5. The van der Waals surface area contributed by atoms with E-state index in [1.54, 1.807) is 19.9 Å². The molecule has 0 amide bonds. The van der Waals surface area contributed by atoms with Gasteiger partial charge in [-0.15, -0.1) is 0 Å². The number of pyridine rings is 1. The number of halogens is 1. The Morgan fingerprint density at radius 2 is 1.78 bits per heavy atom. The van der Waals surface area contributed by atoms with Gasteiger partial charge in [-0.25, -0.2) is 0 Å². The van der Waals surface area contributed by atoms with E-state index >= 15 is 0 Å². The number of carbonyl (C=O) groups excluding carboxylic acids is 2. The van der Waals surface area contributed by atoms with Crippen molar-refractivity contribution in [2.24, 2.45) is 0 Å². The van der Waals surface area contributed by atoms with Gasteiger partial charge in [0, 0.05) is 6.20 Å². The van der Waals surface area contributed by atoms with Crippen LogP contribution in [0.1, 0.15) is 25.5 Å². The van der Waals surface area contributed by atoms with Gasteiger partial charge in [0.05, 0.1) is 23.9 Å². The van der Waals surface area contributed by atoms with Gasteiger partial charge >= 0.3 is 11.9 Å². The van der Waals surface area contributed by atoms with Crippen molar-refractivity contribution in [3.63, 3.8) is 0 Å². The summed E-state index contributed by atoms with van der Waals surface area (Å²) in [6.07, 6.45) is 1.36. The maximum absolute atomic E-state index is 11.7. The predicted octanol–water partition coefficient (Wildman–Crippen LogP) is 1.94. The minimum Gasteiger partial charge on any atom is -0.465 e. The van der Waals surface area contributed by atoms with E-state index in [1.165, 1.54) is 12.3 Å². The quantitative estimate of drug-likeness (QED) is 0.605. The minimum absolute atomic E-state index is 0.183. The van der Waals surface area contributed by atoms with Crippen LogP contribution in [0.4, 0.5) is 0 Å². The number of nitrogens with zero attached hydrogens (tertiary/aromatic N) is 1. The average Bonchev–Trinajstić information content (AvgIpc) is 2.33. The Morgan fingerprint density at radius 3 is 2.17 bits per heavy atom. The van der Waals surface area contributed by atoms with Crippen molar-refractivity contribution in [1.29, 1.82) is 0 Å². The third-order valence-corrected chi connectivity index (χ3v) is 2.31. The third-order valence-electron chi connectivity index (χ3n) is 2.09. The molecule has 5 nitrogen and oxygen atoms in total. The van der Waals surface area contributed by atoms with Crippen LogP contribution in [0.5, 0.6) is 0 Å². The van der Waals surface area contributed by atoms with Crippen LogP contribution in [0.2, 0.25) is 5.02 Å². The highest BCUT2D eigenvalue weighted by molar-refractivity contribution is 6.30. The van der Waals surface area contributed by atoms with Crippen LogP contribution in [-0.4, -0.2) is 30.1 Å². The van der Waals surface area contributed by atoms with Gasteiger partial charge in [-0.05, 0) is 26.0 Å². The molecule has 6 heteroatoms. The molecule has 0 fully saturated rings. The van der Waals surface area contributed by atoms with Crippen molar-refractivity contribution < 1.29 is 19.1 Å². The largest absolute Gasteiger partial charge is 0.465 e. The molecule has 0 saturated heterocycles. The molecule has 0 spiro atoms. The molecule has 0 bridgehead atoms. The number of aromatic nitrogens is 1. The van der Waals surface area contributed by atoms with E-state index in [2.05, 4.69) is 4.98 Å². The zero-order valence-electron chi connectivity index (χ0n) is 10.2. The standard InChI is InChI=1S/C12H14ClNO4/c1-3-17-11(15)10(12(16)18-4-2)9-6-5-8(13)7-14-9/h5-7,10H,3-4H2,1-2H3. The summed E-state index contributed by atoms with van der Waals surface area (Å²) in [4.78, 5) is 27.4. The molecule has 0 atom stereocenters. The zero-order chi connectivity index (χ0) is 13.5. The zero-order valence-corrected chi connectivity index (χ0v) is 10.9. The Balaban J connectivity index is 2.99. The summed E-state index contributed by atoms with van der Waals surface area (Å²) in [6.45, 7) is 3.69. The molecule has 1 heterocycles. The van der Waals surface area contributed by atoms with E-state index in [1.807, 2.05) is 0 Å². The summed E-state index contributed by atoms with van der Waals surface area (Å²) >= 11 is 5.70. The first-order valence-electron chi connectivity index (χ1n) is 5.54. The van der Waals surface area contributed by atoms with Gasteiger partial charge in [-0.3, -0.25) is 14.6 Å². The summed E-state index contributed by atoms with van der Waals surface area (Å²) in [5.74, 6) is -2.52. The lowest BCUT2D eigenvalue weighted by Gasteiger charge is -2.13. The lowest BCUT2D eigenvalue weighted by molar-refractivity contribution is -0.157. The van der Waals surface area contributed by atoms with Gasteiger partial charge in [0.15, 0.2) is 5.92 Å². The third kappa shape index (κ3) is 3.70. The van der Waals surface area contributed by atoms with Crippen molar-refractivity contribution in [3.05, 3.63) is 29.0 Å². The highest BCUT2D eigenvalue weighted by Crippen LogP contribution is 2.19. The smallest absolute Gasteiger partial charge is 0.326 e. The molecule has 0 saturated carbocycles. The van der Waals surface area contributed by atoms with Crippen molar-refractivity contribution in [2.45, 2.75) is 19.8 Å². The van der Waals surface area contributed by atoms with E-state index in [0.717, 1.165) is 0 Å². The molecule has 0 aliphatic rings. The molecule has 18 heavy (non-hydrogen) atoms. The van der Waals surface area contributed by atoms with Crippen LogP contribution in [0, 0.1) is 0 Å². The Bertz CT molecular complexity index is 401. The normalized spacial score (nSPS) is 10.2. The Hall–Kier alpha value is -1.62. The molecular formula is C12H14ClNO4. The summed E-state index contributed by atoms with van der Waals surface area (Å²) < 4.78 is 9.69. The monoisotopic (exact) mass is 271 g/mol. The van der Waals surface area contributed by atoms with Crippen LogP contribution in [0.3, 0.4) is 0 Å². The van der Waals surface area contributed by atoms with E-state index in [-0.39, 0.29) is 18.9 Å². The fourth-order valence-corrected chi connectivity index (χ4v) is 1.46. The van der Waals surface area contributed by atoms with Gasteiger partial charge < -0.3 is 9.47 Å². The van der Waals surface area contributed by atoms with Gasteiger partial charge in [0.25, 0.3) is 0 Å². The number of rotatable bonds is 5. The van der Waals surface area contributed by atoms with Crippen LogP contribution < -0.4 is 0 Å². The summed E-state index contributed by atoms with van der Waals surface area (Å²) in [6, 6.07) is 3.05. The molecule has 0 aliphatic heterocycles. The number of ether oxygens (including phenoxy) is 2. The molecule has 0 aromatic carbocycles. The molecule has 0 aliphatic carbocycles. The van der Waals surface area contributed by atoms with Gasteiger partial charge in [0.2, 0.25) is 0 Å². The second-order valence-corrected chi connectivity index (χ2v) is 3.77. The van der Waals surface area contributed by atoms with Crippen molar-refractivity contribution >= 4 is 23.5 Å². The van der Waals surface area contributed by atoms with E-state index in [4.69, 9.17) is 21.1 Å². The number of carbonyl (C=O) groups is 2. The topological polar surface area (TPSA) is 65.5 Å². The van der Waals surface area contributed by atoms with Crippen LogP contribution in [-0.2, 0) is 19.1 Å². The lowest BCUT2D eigenvalue weighted by atomic mass is 10.1. The molecule has 1 aromatic rings. The van der Waals surface area contributed by atoms with Crippen molar-refractivity contribution in [3.8, 4) is 0 Å². The fourth-order valence-electron chi connectivity index (χ4n) is 1.35. The van der Waals surface area contributed by atoms with Gasteiger partial charge in [0.1, 0.15) is 0 Å². The molecule has 1 aromatic heterocycles. The van der Waals surface area contributed by atoms with Gasteiger partial charge in [-0.2, -0.15) is 0 Å². The van der Waals surface area contributed by atoms with Crippen LogP contribution in [0.25, 0.3) is 0 Å². The summed E-state index contributed by atoms with van der Waals surface area (Å²) in [7, 11) is 0. The van der Waals surface area contributed by atoms with E-state index in [9.17, 15) is 9.59 Å². The molecule has 0 unspecified atom stereocenters. The Labute approximate surface area is 110 Å². The Kier molecular flexibility index (Phi) is 5.58. The summed E-state index contributed by atoms with van der Waals surface area (Å²) in [5.41, 5.74) is 0.260. The first kappa shape index (κ1) is 14.4. The first-order chi connectivity index (χ1) is 8.60. The molecular weight excluding hydrogens is 258 g/mol. The van der Waals surface area contributed by atoms with Crippen molar-refractivity contribution in [1.82, 2.24) is 4.98 Å². The number of esters is 2. The number of hydrogen-bond acceptors (Lipinski definition) is 5. The molecule has 1 rings (SSSR count). The first-order valence-corrected chi connectivity index (χ1v) is 5.92. The second-order valence-electron chi connectivity index (χ2n) is 3.34. The maximum Gasteiger partial charge on any atom is 0.326 e. The van der Waals surface area contributed by atoms with E-state index < -0.39 is 17.9 Å². The summed E-state index contributed by atoms with van der Waals surface area (Å²) in [5, 5.41) is 0.421. The molecule has 0 N–H and O–H groups in total. The fraction of sp³-hybridized carbons (Fsp3) is 0.417. The van der Waals surface area contributed by atoms with Crippen molar-refractivity contribution in [2.75, 3.05) is 13.2 Å². The molecule has 0 radical (unpaired) electrons. The second kappa shape index (κ2) is 6.96. The lowest BCUT2D eigenvalue weighted by Crippen LogP contribution is -2.26. The van der Waals surface area contributed by atoms with E-state index in [0.29, 0.717) is 5.02 Å². The average molecular weight is 272 g/mol. The highest BCUT2D eigenvalue weighted by Gasteiger charge is 2.32. The van der Waals surface area contributed by atoms with Crippen LogP contribution in [0.15, 0.2) is 18.3 Å². The predicted molar refractivity (Wildman–Crippen MR) is 65.3 cm³/mol. The maximum atomic E-state index is 11.7.